The van der Waals surface area contributed by atoms with Crippen LogP contribution in [-0.2, 0) is 0 Å². The average Bonchev–Trinajstić information content (AvgIpc) is 2.58. The lowest BCUT2D eigenvalue weighted by Crippen LogP contribution is -1.91. The Morgan fingerprint density at radius 2 is 0.708 bits per heavy atom. The second-order valence-corrected chi connectivity index (χ2v) is 11.5. The lowest BCUT2D eigenvalue weighted by atomic mass is 10.1. The molecule has 0 nitrogen and oxygen atoms in total. The average molecular weight is 347 g/mol. The van der Waals surface area contributed by atoms with Crippen molar-refractivity contribution in [1.29, 1.82) is 0 Å². The van der Waals surface area contributed by atoms with E-state index in [-0.39, 0.29) is 17.6 Å². The molecule has 2 aromatic rings. The number of hydrogen-bond donors (Lipinski definition) is 0. The maximum atomic E-state index is 2.33. The molecule has 2 heteroatoms. The van der Waals surface area contributed by atoms with Crippen LogP contribution in [0.3, 0.4) is 0 Å². The Labute approximate surface area is 150 Å². The van der Waals surface area contributed by atoms with Gasteiger partial charge in [0.1, 0.15) is 0 Å². The van der Waals surface area contributed by atoms with Crippen LogP contribution in [0, 0.1) is 0 Å². The number of rotatable bonds is 6. The summed E-state index contributed by atoms with van der Waals surface area (Å²) in [5.41, 5.74) is 9.68. The Morgan fingerprint density at radius 3 is 0.958 bits per heavy atom. The monoisotopic (exact) mass is 346 g/mol. The first-order chi connectivity index (χ1) is 11.5. The molecule has 0 bridgehead atoms. The predicted octanol–water partition coefficient (Wildman–Crippen LogP) is 6.47. The van der Waals surface area contributed by atoms with Gasteiger partial charge in [0.15, 0.2) is 0 Å². The molecule has 0 aliphatic carbocycles. The van der Waals surface area contributed by atoms with Crippen molar-refractivity contribution in [2.24, 2.45) is 0 Å². The Morgan fingerprint density at radius 1 is 0.458 bits per heavy atom. The zero-order valence-corrected chi connectivity index (χ0v) is 17.1. The van der Waals surface area contributed by atoms with Crippen LogP contribution in [0.4, 0.5) is 0 Å². The van der Waals surface area contributed by atoms with Gasteiger partial charge >= 0.3 is 0 Å². The normalized spacial score (nSPS) is 12.4. The quantitative estimate of drug-likeness (QED) is 0.415. The summed E-state index contributed by atoms with van der Waals surface area (Å²) in [7, 11) is -0.596. The Bertz CT molecular complexity index is 639. The topological polar surface area (TPSA) is 0 Å². The Hall–Kier alpha value is -1.91. The van der Waals surface area contributed by atoms with Gasteiger partial charge in [-0.2, -0.15) is 0 Å². The van der Waals surface area contributed by atoms with Crippen molar-refractivity contribution in [2.45, 2.75) is 26.2 Å². The molecule has 2 aromatic carbocycles. The number of benzene rings is 2. The lowest BCUT2D eigenvalue weighted by Gasteiger charge is -1.99. The van der Waals surface area contributed by atoms with Crippen molar-refractivity contribution in [3.63, 3.8) is 0 Å². The molecule has 2 radical (unpaired) electrons. The molecule has 0 saturated carbocycles. The van der Waals surface area contributed by atoms with Gasteiger partial charge < -0.3 is 0 Å². The van der Waals surface area contributed by atoms with Crippen molar-refractivity contribution in [2.75, 3.05) is 0 Å². The van der Waals surface area contributed by atoms with Crippen LogP contribution >= 0.6 is 0 Å². The minimum absolute atomic E-state index is 0.298. The lowest BCUT2D eigenvalue weighted by molar-refractivity contribution is 1.61. The van der Waals surface area contributed by atoms with Crippen molar-refractivity contribution < 1.29 is 0 Å². The Balaban J connectivity index is 2.00. The molecule has 0 saturated heterocycles. The van der Waals surface area contributed by atoms with Crippen LogP contribution in [-0.4, -0.2) is 17.6 Å². The van der Waals surface area contributed by atoms with E-state index in [4.69, 9.17) is 0 Å². The highest BCUT2D eigenvalue weighted by molar-refractivity contribution is 6.62. The van der Waals surface area contributed by atoms with Gasteiger partial charge in [0, 0.05) is 0 Å². The summed E-state index contributed by atoms with van der Waals surface area (Å²) in [5.74, 6) is 0. The van der Waals surface area contributed by atoms with Gasteiger partial charge in [-0.25, -0.2) is 0 Å². The zero-order chi connectivity index (χ0) is 17.4. The van der Waals surface area contributed by atoms with Gasteiger partial charge in [-0.15, -0.1) is 0 Å². The van der Waals surface area contributed by atoms with Crippen molar-refractivity contribution in [1.82, 2.24) is 0 Å². The van der Waals surface area contributed by atoms with E-state index in [9.17, 15) is 0 Å². The second kappa shape index (κ2) is 9.40. The molecule has 0 aliphatic rings. The number of hydrogen-bond acceptors (Lipinski definition) is 0. The van der Waals surface area contributed by atoms with Gasteiger partial charge in [0.05, 0.1) is 17.6 Å². The second-order valence-electron chi connectivity index (χ2n) is 6.49. The first-order valence-electron chi connectivity index (χ1n) is 8.37. The van der Waals surface area contributed by atoms with E-state index >= 15 is 0 Å². The van der Waals surface area contributed by atoms with Gasteiger partial charge in [0.2, 0.25) is 0 Å². The molecule has 0 aromatic heterocycles. The molecule has 0 spiro atoms. The van der Waals surface area contributed by atoms with Crippen LogP contribution < -0.4 is 0 Å². The van der Waals surface area contributed by atoms with Crippen molar-refractivity contribution in [3.8, 4) is 0 Å². The highest BCUT2D eigenvalue weighted by Gasteiger charge is 1.93. The van der Waals surface area contributed by atoms with E-state index in [1.165, 1.54) is 22.3 Å². The first kappa shape index (κ1) is 18.4. The van der Waals surface area contributed by atoms with E-state index in [1.807, 2.05) is 0 Å². The molecule has 0 fully saturated rings. The highest BCUT2D eigenvalue weighted by Crippen LogP contribution is 2.12. The van der Waals surface area contributed by atoms with Crippen LogP contribution in [0.5, 0.6) is 0 Å². The molecule has 24 heavy (non-hydrogen) atoms. The third-order valence-electron chi connectivity index (χ3n) is 3.56. The molecule has 0 atom stereocenters. The van der Waals surface area contributed by atoms with Crippen molar-refractivity contribution in [3.05, 3.63) is 82.2 Å². The molecule has 0 aliphatic heterocycles. The zero-order valence-electron chi connectivity index (χ0n) is 15.1. The minimum Gasteiger partial charge on any atom is -0.0961 e. The maximum absolute atomic E-state index is 2.33. The molecule has 0 heterocycles. The molecule has 0 unspecified atom stereocenters. The summed E-state index contributed by atoms with van der Waals surface area (Å²) in [6.45, 7) is 9.18. The predicted molar refractivity (Wildman–Crippen MR) is 115 cm³/mol. The first-order valence-corrected chi connectivity index (χ1v) is 13.5. The molecule has 122 valence electrons. The smallest absolute Gasteiger partial charge is 0.0693 e. The van der Waals surface area contributed by atoms with E-state index < -0.39 is 0 Å². The third kappa shape index (κ3) is 6.69. The summed E-state index contributed by atoms with van der Waals surface area (Å²) in [6.07, 6.45) is 8.80. The molecular formula is C22H26Si2. The van der Waals surface area contributed by atoms with Crippen LogP contribution in [0.2, 0.25) is 26.2 Å². The van der Waals surface area contributed by atoms with E-state index in [0.717, 1.165) is 0 Å². The van der Waals surface area contributed by atoms with Gasteiger partial charge in [0.25, 0.3) is 0 Å². The van der Waals surface area contributed by atoms with Crippen LogP contribution in [0.15, 0.2) is 59.9 Å². The standard InChI is InChI=1S/C22H26Si2/c1-23(2)17-15-21-11-7-19(8-12-21)5-6-20-9-13-22(14-10-20)16-18-24(3)4/h5-18H,1-4H3/b6-5+,17-15+,18-16+. The molecule has 0 amide bonds. The van der Waals surface area contributed by atoms with Crippen molar-refractivity contribution >= 4 is 41.9 Å². The maximum Gasteiger partial charge on any atom is 0.0693 e. The molecular weight excluding hydrogens is 320 g/mol. The third-order valence-corrected chi connectivity index (χ3v) is 5.23. The Kier molecular flexibility index (Phi) is 7.22. The van der Waals surface area contributed by atoms with Gasteiger partial charge in [-0.1, -0.05) is 110 Å². The largest absolute Gasteiger partial charge is 0.0961 e. The molecule has 2 rings (SSSR count). The fraction of sp³-hybridized carbons (Fsp3) is 0.182. The van der Waals surface area contributed by atoms with E-state index in [2.05, 4.69) is 110 Å². The highest BCUT2D eigenvalue weighted by atomic mass is 28.3. The fourth-order valence-electron chi connectivity index (χ4n) is 2.15. The SMILES string of the molecule is C[Si](C)/C=C/c1ccc(/C=C/c2ccc(/C=C/[Si](C)C)cc2)cc1. The summed E-state index contributed by atoms with van der Waals surface area (Å²) < 4.78 is 0. The van der Waals surface area contributed by atoms with E-state index in [1.54, 1.807) is 0 Å². The van der Waals surface area contributed by atoms with Gasteiger partial charge in [-0.3, -0.25) is 0 Å². The summed E-state index contributed by atoms with van der Waals surface area (Å²) in [5, 5.41) is 0. The van der Waals surface area contributed by atoms with E-state index in [0.29, 0.717) is 0 Å². The fourth-order valence-corrected chi connectivity index (χ4v) is 3.21. The summed E-state index contributed by atoms with van der Waals surface area (Å²) >= 11 is 0. The summed E-state index contributed by atoms with van der Waals surface area (Å²) in [4.78, 5) is 0. The summed E-state index contributed by atoms with van der Waals surface area (Å²) in [6, 6.07) is 17.4. The van der Waals surface area contributed by atoms with Gasteiger partial charge in [-0.05, 0) is 22.3 Å². The van der Waals surface area contributed by atoms with Crippen LogP contribution in [0.1, 0.15) is 22.3 Å². The molecule has 0 N–H and O–H groups in total. The minimum atomic E-state index is -0.298. The van der Waals surface area contributed by atoms with Crippen LogP contribution in [0.25, 0.3) is 24.3 Å².